The van der Waals surface area contributed by atoms with E-state index >= 15 is 0 Å². The minimum Gasteiger partial charge on any atom is -0.465 e. The molecule has 0 aromatic heterocycles. The van der Waals surface area contributed by atoms with Gasteiger partial charge in [0.25, 0.3) is 6.43 Å². The maximum Gasteiger partial charge on any atom is 0.337 e. The lowest BCUT2D eigenvalue weighted by atomic mass is 10.1. The second-order valence-corrected chi connectivity index (χ2v) is 3.07. The number of nitrogen functional groups attached to an aromatic ring is 1. The third-order valence-electron chi connectivity index (χ3n) is 1.92. The van der Waals surface area contributed by atoms with Crippen LogP contribution in [0.1, 0.15) is 10.4 Å². The van der Waals surface area contributed by atoms with E-state index in [2.05, 4.69) is 10.1 Å². The van der Waals surface area contributed by atoms with E-state index in [1.807, 2.05) is 0 Å². The molecule has 0 radical (unpaired) electrons. The highest BCUT2D eigenvalue weighted by Gasteiger charge is 2.09. The van der Waals surface area contributed by atoms with Gasteiger partial charge in [0, 0.05) is 0 Å². The van der Waals surface area contributed by atoms with Crippen molar-refractivity contribution in [1.82, 2.24) is 0 Å². The molecule has 4 nitrogen and oxygen atoms in total. The lowest BCUT2D eigenvalue weighted by Crippen LogP contribution is -2.12. The molecule has 88 valence electrons. The molecule has 1 rings (SSSR count). The van der Waals surface area contributed by atoms with Gasteiger partial charge in [0.15, 0.2) is 0 Å². The fourth-order valence-electron chi connectivity index (χ4n) is 1.16. The van der Waals surface area contributed by atoms with Gasteiger partial charge in [-0.25, -0.2) is 13.6 Å². The van der Waals surface area contributed by atoms with Crippen LogP contribution in [-0.2, 0) is 4.74 Å². The van der Waals surface area contributed by atoms with Crippen LogP contribution in [-0.4, -0.2) is 26.0 Å². The molecule has 0 heterocycles. The highest BCUT2D eigenvalue weighted by Crippen LogP contribution is 2.20. The first-order valence-electron chi connectivity index (χ1n) is 4.54. The number of esters is 1. The molecule has 1 aromatic carbocycles. The second kappa shape index (κ2) is 5.29. The van der Waals surface area contributed by atoms with Crippen LogP contribution in [0.2, 0.25) is 0 Å². The summed E-state index contributed by atoms with van der Waals surface area (Å²) in [4.78, 5) is 11.1. The summed E-state index contributed by atoms with van der Waals surface area (Å²) >= 11 is 0. The number of carbonyl (C=O) groups is 1. The molecule has 0 saturated heterocycles. The molecule has 6 heteroatoms. The molecule has 3 N–H and O–H groups in total. The predicted octanol–water partition coefficient (Wildman–Crippen LogP) is 1.73. The molecule has 0 atom stereocenters. The van der Waals surface area contributed by atoms with Crippen molar-refractivity contribution in [2.75, 3.05) is 24.7 Å². The molecule has 0 spiro atoms. The van der Waals surface area contributed by atoms with Crippen molar-refractivity contribution in [2.45, 2.75) is 6.43 Å². The first-order chi connectivity index (χ1) is 7.54. The van der Waals surface area contributed by atoms with Crippen molar-refractivity contribution in [3.05, 3.63) is 23.8 Å². The molecule has 0 fully saturated rings. The smallest absolute Gasteiger partial charge is 0.337 e. The van der Waals surface area contributed by atoms with E-state index in [0.29, 0.717) is 5.69 Å². The lowest BCUT2D eigenvalue weighted by molar-refractivity contribution is 0.0601. The number of methoxy groups -OCH3 is 1. The van der Waals surface area contributed by atoms with Crippen molar-refractivity contribution in [3.8, 4) is 0 Å². The van der Waals surface area contributed by atoms with E-state index in [1.165, 1.54) is 25.3 Å². The first kappa shape index (κ1) is 12.2. The Hall–Kier alpha value is -1.85. The van der Waals surface area contributed by atoms with Crippen LogP contribution in [0.25, 0.3) is 0 Å². The van der Waals surface area contributed by atoms with Crippen molar-refractivity contribution >= 4 is 17.3 Å². The summed E-state index contributed by atoms with van der Waals surface area (Å²) in [7, 11) is 1.25. The van der Waals surface area contributed by atoms with Crippen LogP contribution < -0.4 is 11.1 Å². The SMILES string of the molecule is COC(=O)c1ccc(NCC(F)F)c(N)c1. The Labute approximate surface area is 91.4 Å². The van der Waals surface area contributed by atoms with E-state index in [1.54, 1.807) is 0 Å². The quantitative estimate of drug-likeness (QED) is 0.610. The summed E-state index contributed by atoms with van der Waals surface area (Å²) < 4.78 is 28.4. The Kier molecular flexibility index (Phi) is 4.04. The Morgan fingerprint density at radius 3 is 2.75 bits per heavy atom. The van der Waals surface area contributed by atoms with Gasteiger partial charge >= 0.3 is 5.97 Å². The number of benzene rings is 1. The zero-order valence-electron chi connectivity index (χ0n) is 8.67. The molecule has 0 aliphatic carbocycles. The van der Waals surface area contributed by atoms with E-state index in [9.17, 15) is 13.6 Å². The first-order valence-corrected chi connectivity index (χ1v) is 4.54. The normalized spacial score (nSPS) is 10.2. The van der Waals surface area contributed by atoms with E-state index < -0.39 is 18.9 Å². The average Bonchev–Trinajstić information content (AvgIpc) is 2.26. The molecule has 16 heavy (non-hydrogen) atoms. The highest BCUT2D eigenvalue weighted by molar-refractivity contribution is 5.91. The zero-order chi connectivity index (χ0) is 12.1. The fourth-order valence-corrected chi connectivity index (χ4v) is 1.16. The van der Waals surface area contributed by atoms with Gasteiger partial charge in [-0.15, -0.1) is 0 Å². The minimum absolute atomic E-state index is 0.226. The highest BCUT2D eigenvalue weighted by atomic mass is 19.3. The number of rotatable bonds is 4. The largest absolute Gasteiger partial charge is 0.465 e. The van der Waals surface area contributed by atoms with Gasteiger partial charge in [-0.2, -0.15) is 0 Å². The minimum atomic E-state index is -2.46. The Balaban J connectivity index is 2.79. The number of ether oxygens (including phenoxy) is 1. The van der Waals surface area contributed by atoms with Gasteiger partial charge in [0.1, 0.15) is 0 Å². The molecular formula is C10H12F2N2O2. The summed E-state index contributed by atoms with van der Waals surface area (Å²) in [6.07, 6.45) is -2.46. The second-order valence-electron chi connectivity index (χ2n) is 3.07. The number of nitrogens with two attached hydrogens (primary N) is 1. The topological polar surface area (TPSA) is 64.3 Å². The Morgan fingerprint density at radius 1 is 1.56 bits per heavy atom. The van der Waals surface area contributed by atoms with Gasteiger partial charge < -0.3 is 15.8 Å². The number of halogens is 2. The number of anilines is 2. The molecular weight excluding hydrogens is 218 g/mol. The Bertz CT molecular complexity index is 383. The Morgan fingerprint density at radius 2 is 2.25 bits per heavy atom. The number of hydrogen-bond donors (Lipinski definition) is 2. The predicted molar refractivity (Wildman–Crippen MR) is 56.7 cm³/mol. The van der Waals surface area contributed by atoms with Crippen LogP contribution >= 0.6 is 0 Å². The van der Waals surface area contributed by atoms with Gasteiger partial charge in [-0.3, -0.25) is 0 Å². The van der Waals surface area contributed by atoms with Crippen LogP contribution in [0, 0.1) is 0 Å². The van der Waals surface area contributed by atoms with Gasteiger partial charge in [-0.05, 0) is 18.2 Å². The summed E-state index contributed by atoms with van der Waals surface area (Å²) in [6, 6.07) is 4.29. The third-order valence-corrected chi connectivity index (χ3v) is 1.92. The molecule has 0 aliphatic heterocycles. The summed E-state index contributed by atoms with van der Waals surface area (Å²) in [6.45, 7) is -0.484. The van der Waals surface area contributed by atoms with Gasteiger partial charge in [-0.1, -0.05) is 0 Å². The number of hydrogen-bond acceptors (Lipinski definition) is 4. The van der Waals surface area contributed by atoms with E-state index in [-0.39, 0.29) is 11.3 Å². The van der Waals surface area contributed by atoms with E-state index in [4.69, 9.17) is 5.73 Å². The van der Waals surface area contributed by atoms with Crippen molar-refractivity contribution in [2.24, 2.45) is 0 Å². The zero-order valence-corrected chi connectivity index (χ0v) is 8.67. The number of nitrogens with one attached hydrogen (secondary N) is 1. The van der Waals surface area contributed by atoms with Crippen LogP contribution in [0.15, 0.2) is 18.2 Å². The number of carbonyl (C=O) groups excluding carboxylic acids is 1. The molecule has 0 saturated carbocycles. The maximum absolute atomic E-state index is 11.9. The van der Waals surface area contributed by atoms with Gasteiger partial charge in [0.05, 0.1) is 30.6 Å². The van der Waals surface area contributed by atoms with Gasteiger partial charge in [0.2, 0.25) is 0 Å². The van der Waals surface area contributed by atoms with E-state index in [0.717, 1.165) is 0 Å². The third kappa shape index (κ3) is 3.08. The van der Waals surface area contributed by atoms with Crippen molar-refractivity contribution in [3.63, 3.8) is 0 Å². The monoisotopic (exact) mass is 230 g/mol. The molecule has 0 unspecified atom stereocenters. The summed E-state index contributed by atoms with van der Waals surface area (Å²) in [5.41, 5.74) is 6.46. The average molecular weight is 230 g/mol. The van der Waals surface area contributed by atoms with Crippen LogP contribution in [0.3, 0.4) is 0 Å². The summed E-state index contributed by atoms with van der Waals surface area (Å²) in [5.74, 6) is -0.521. The standard InChI is InChI=1S/C10H12F2N2O2/c1-16-10(15)6-2-3-8(7(13)4-6)14-5-9(11)12/h2-4,9,14H,5,13H2,1H3. The molecule has 0 amide bonds. The molecule has 1 aromatic rings. The fraction of sp³-hybridized carbons (Fsp3) is 0.300. The van der Waals surface area contributed by atoms with Crippen molar-refractivity contribution in [1.29, 1.82) is 0 Å². The van der Waals surface area contributed by atoms with Crippen molar-refractivity contribution < 1.29 is 18.3 Å². The molecule has 0 aliphatic rings. The number of alkyl halides is 2. The van der Waals surface area contributed by atoms with Crippen LogP contribution in [0.4, 0.5) is 20.2 Å². The van der Waals surface area contributed by atoms with Crippen LogP contribution in [0.5, 0.6) is 0 Å². The summed E-state index contributed by atoms with van der Waals surface area (Å²) in [5, 5.41) is 2.47. The molecule has 0 bridgehead atoms. The maximum atomic E-state index is 11.9. The lowest BCUT2D eigenvalue weighted by Gasteiger charge is -2.09.